The average molecular weight is 237 g/mol. The molecule has 1 N–H and O–H groups in total. The Morgan fingerprint density at radius 2 is 2.18 bits per heavy atom. The number of nitrogens with zero attached hydrogens (tertiary/aromatic N) is 3. The summed E-state index contributed by atoms with van der Waals surface area (Å²) >= 11 is 0. The van der Waals surface area contributed by atoms with Gasteiger partial charge >= 0.3 is 5.97 Å². The van der Waals surface area contributed by atoms with E-state index in [2.05, 4.69) is 10.00 Å². The molecule has 1 saturated heterocycles. The summed E-state index contributed by atoms with van der Waals surface area (Å²) in [4.78, 5) is 13.2. The summed E-state index contributed by atoms with van der Waals surface area (Å²) in [7, 11) is 1.92. The van der Waals surface area contributed by atoms with Gasteiger partial charge in [0.1, 0.15) is 0 Å². The fourth-order valence-corrected chi connectivity index (χ4v) is 2.38. The number of carbonyl (C=O) groups is 1. The number of aryl methyl sites for hydroxylation is 2. The van der Waals surface area contributed by atoms with Gasteiger partial charge in [0, 0.05) is 25.4 Å². The predicted molar refractivity (Wildman–Crippen MR) is 63.6 cm³/mol. The Balaban J connectivity index is 1.90. The van der Waals surface area contributed by atoms with Crippen LogP contribution in [0.4, 0.5) is 0 Å². The lowest BCUT2D eigenvalue weighted by Crippen LogP contribution is -2.35. The molecule has 1 aliphatic rings. The van der Waals surface area contributed by atoms with Crippen molar-refractivity contribution in [2.75, 3.05) is 13.1 Å². The highest BCUT2D eigenvalue weighted by atomic mass is 16.4. The largest absolute Gasteiger partial charge is 0.481 e. The number of likely N-dealkylation sites (tertiary alicyclic amines) is 1. The third kappa shape index (κ3) is 2.85. The van der Waals surface area contributed by atoms with Crippen LogP contribution in [0.5, 0.6) is 0 Å². The molecule has 1 aromatic heterocycles. The Hall–Kier alpha value is -1.36. The van der Waals surface area contributed by atoms with Gasteiger partial charge in [-0.15, -0.1) is 0 Å². The second-order valence-corrected chi connectivity index (χ2v) is 4.80. The van der Waals surface area contributed by atoms with Crippen LogP contribution in [0.2, 0.25) is 0 Å². The molecule has 0 unspecified atom stereocenters. The van der Waals surface area contributed by atoms with Crippen molar-refractivity contribution in [3.63, 3.8) is 0 Å². The molecule has 0 bridgehead atoms. The van der Waals surface area contributed by atoms with Gasteiger partial charge in [0.25, 0.3) is 0 Å². The number of rotatable bonds is 3. The minimum absolute atomic E-state index is 0.152. The quantitative estimate of drug-likeness (QED) is 0.853. The molecule has 0 aliphatic carbocycles. The molecule has 1 aromatic rings. The van der Waals surface area contributed by atoms with Crippen LogP contribution < -0.4 is 0 Å². The Morgan fingerprint density at radius 1 is 1.53 bits per heavy atom. The first-order valence-corrected chi connectivity index (χ1v) is 6.00. The summed E-state index contributed by atoms with van der Waals surface area (Å²) in [6.07, 6.45) is 3.56. The maximum Gasteiger partial charge on any atom is 0.306 e. The van der Waals surface area contributed by atoms with Crippen molar-refractivity contribution in [2.24, 2.45) is 13.0 Å². The summed E-state index contributed by atoms with van der Waals surface area (Å²) in [5.41, 5.74) is 2.30. The van der Waals surface area contributed by atoms with Crippen LogP contribution in [-0.2, 0) is 18.4 Å². The second-order valence-electron chi connectivity index (χ2n) is 4.80. The Labute approximate surface area is 101 Å². The minimum Gasteiger partial charge on any atom is -0.481 e. The molecular formula is C12H19N3O2. The van der Waals surface area contributed by atoms with Crippen LogP contribution in [0.3, 0.4) is 0 Å². The number of carboxylic acids is 1. The Bertz CT molecular complexity index is 406. The highest BCUT2D eigenvalue weighted by Crippen LogP contribution is 2.19. The van der Waals surface area contributed by atoms with Crippen molar-refractivity contribution >= 4 is 5.97 Å². The van der Waals surface area contributed by atoms with E-state index in [0.29, 0.717) is 0 Å². The van der Waals surface area contributed by atoms with Gasteiger partial charge in [0.2, 0.25) is 0 Å². The molecule has 17 heavy (non-hydrogen) atoms. The molecular weight excluding hydrogens is 218 g/mol. The van der Waals surface area contributed by atoms with Crippen LogP contribution in [0, 0.1) is 12.8 Å². The zero-order valence-corrected chi connectivity index (χ0v) is 10.4. The lowest BCUT2D eigenvalue weighted by molar-refractivity contribution is -0.143. The number of carboxylic acid groups (broad SMARTS) is 1. The molecule has 0 atom stereocenters. The number of aliphatic carboxylic acids is 1. The van der Waals surface area contributed by atoms with Gasteiger partial charge in [-0.05, 0) is 32.9 Å². The van der Waals surface area contributed by atoms with Gasteiger partial charge in [-0.25, -0.2) is 0 Å². The van der Waals surface area contributed by atoms with E-state index in [1.807, 2.05) is 24.9 Å². The first kappa shape index (κ1) is 12.1. The summed E-state index contributed by atoms with van der Waals surface area (Å²) < 4.78 is 1.83. The molecule has 0 radical (unpaired) electrons. The second kappa shape index (κ2) is 4.87. The molecule has 5 heteroatoms. The third-order valence-electron chi connectivity index (χ3n) is 3.45. The number of hydrogen-bond acceptors (Lipinski definition) is 3. The van der Waals surface area contributed by atoms with Crippen molar-refractivity contribution in [1.29, 1.82) is 0 Å². The van der Waals surface area contributed by atoms with Crippen molar-refractivity contribution in [3.8, 4) is 0 Å². The van der Waals surface area contributed by atoms with Crippen molar-refractivity contribution < 1.29 is 9.90 Å². The van der Waals surface area contributed by atoms with Gasteiger partial charge < -0.3 is 5.11 Å². The van der Waals surface area contributed by atoms with E-state index in [-0.39, 0.29) is 5.92 Å². The van der Waals surface area contributed by atoms with Gasteiger partial charge in [-0.1, -0.05) is 0 Å². The first-order valence-electron chi connectivity index (χ1n) is 6.00. The average Bonchev–Trinajstić information content (AvgIpc) is 2.58. The van der Waals surface area contributed by atoms with Crippen molar-refractivity contribution in [1.82, 2.24) is 14.7 Å². The van der Waals surface area contributed by atoms with Crippen LogP contribution >= 0.6 is 0 Å². The summed E-state index contributed by atoms with van der Waals surface area (Å²) in [6.45, 7) is 4.63. The summed E-state index contributed by atoms with van der Waals surface area (Å²) in [6, 6.07) is 0. The summed E-state index contributed by atoms with van der Waals surface area (Å²) in [5, 5.41) is 13.2. The Morgan fingerprint density at radius 3 is 2.65 bits per heavy atom. The lowest BCUT2D eigenvalue weighted by atomic mass is 9.97. The van der Waals surface area contributed by atoms with E-state index in [1.54, 1.807) is 0 Å². The molecule has 0 aromatic carbocycles. The number of hydrogen-bond donors (Lipinski definition) is 1. The van der Waals surface area contributed by atoms with E-state index in [9.17, 15) is 4.79 Å². The molecule has 1 fully saturated rings. The van der Waals surface area contributed by atoms with Gasteiger partial charge in [-0.2, -0.15) is 5.10 Å². The van der Waals surface area contributed by atoms with E-state index >= 15 is 0 Å². The van der Waals surface area contributed by atoms with E-state index in [4.69, 9.17) is 5.11 Å². The molecule has 0 saturated carbocycles. The molecule has 5 nitrogen and oxygen atoms in total. The maximum atomic E-state index is 10.8. The van der Waals surface area contributed by atoms with Crippen molar-refractivity contribution in [2.45, 2.75) is 26.3 Å². The fraction of sp³-hybridized carbons (Fsp3) is 0.667. The van der Waals surface area contributed by atoms with E-state index in [1.165, 1.54) is 5.56 Å². The van der Waals surface area contributed by atoms with Crippen LogP contribution in [-0.4, -0.2) is 38.8 Å². The molecule has 0 amide bonds. The van der Waals surface area contributed by atoms with Crippen LogP contribution in [0.15, 0.2) is 6.20 Å². The van der Waals surface area contributed by atoms with Crippen LogP contribution in [0.25, 0.3) is 0 Å². The van der Waals surface area contributed by atoms with E-state index in [0.717, 1.165) is 38.2 Å². The molecule has 1 aliphatic heterocycles. The fourth-order valence-electron chi connectivity index (χ4n) is 2.38. The number of aromatic nitrogens is 2. The molecule has 0 spiro atoms. The molecule has 2 rings (SSSR count). The number of piperidine rings is 1. The highest BCUT2D eigenvalue weighted by Gasteiger charge is 2.24. The normalized spacial score (nSPS) is 18.5. The van der Waals surface area contributed by atoms with Gasteiger partial charge in [0.05, 0.1) is 11.6 Å². The monoisotopic (exact) mass is 237 g/mol. The highest BCUT2D eigenvalue weighted by molar-refractivity contribution is 5.70. The topological polar surface area (TPSA) is 58.4 Å². The standard InChI is InChI=1S/C12H19N3O2/c1-9-11(7-14(2)13-9)8-15-5-3-10(4-6-15)12(16)17/h7,10H,3-6,8H2,1-2H3,(H,16,17). The van der Waals surface area contributed by atoms with E-state index < -0.39 is 5.97 Å². The SMILES string of the molecule is Cc1nn(C)cc1CN1CCC(C(=O)O)CC1. The zero-order valence-electron chi connectivity index (χ0n) is 10.4. The maximum absolute atomic E-state index is 10.8. The van der Waals surface area contributed by atoms with Crippen molar-refractivity contribution in [3.05, 3.63) is 17.5 Å². The summed E-state index contributed by atoms with van der Waals surface area (Å²) in [5.74, 6) is -0.802. The van der Waals surface area contributed by atoms with Crippen LogP contribution in [0.1, 0.15) is 24.1 Å². The molecule has 2 heterocycles. The zero-order chi connectivity index (χ0) is 12.4. The van der Waals surface area contributed by atoms with Gasteiger partial charge in [0.15, 0.2) is 0 Å². The third-order valence-corrected chi connectivity index (χ3v) is 3.45. The Kier molecular flexibility index (Phi) is 3.47. The van der Waals surface area contributed by atoms with Gasteiger partial charge in [-0.3, -0.25) is 14.4 Å². The molecule has 94 valence electrons. The minimum atomic E-state index is -0.651. The lowest BCUT2D eigenvalue weighted by Gasteiger charge is -2.29. The predicted octanol–water partition coefficient (Wildman–Crippen LogP) is 1.03. The smallest absolute Gasteiger partial charge is 0.306 e. The first-order chi connectivity index (χ1) is 8.06.